The van der Waals surface area contributed by atoms with E-state index in [1.54, 1.807) is 29.5 Å². The molecule has 1 heterocycles. The van der Waals surface area contributed by atoms with Crippen molar-refractivity contribution in [2.75, 3.05) is 11.1 Å². The Morgan fingerprint density at radius 2 is 2.10 bits per heavy atom. The van der Waals surface area contributed by atoms with Gasteiger partial charge in [-0.25, -0.2) is 4.98 Å². The molecule has 0 aliphatic heterocycles. The maximum Gasteiger partial charge on any atom is 0.255 e. The summed E-state index contributed by atoms with van der Waals surface area (Å²) in [6.45, 7) is 1.96. The number of rotatable bonds is 2. The van der Waals surface area contributed by atoms with Gasteiger partial charge in [0.2, 0.25) is 0 Å². The number of benzene rings is 2. The lowest BCUT2D eigenvalue weighted by molar-refractivity contribution is 0.102. The van der Waals surface area contributed by atoms with Crippen LogP contribution in [0.1, 0.15) is 15.4 Å². The highest BCUT2D eigenvalue weighted by atomic mass is 35.5. The van der Waals surface area contributed by atoms with Crippen LogP contribution < -0.4 is 11.1 Å². The second-order valence-corrected chi connectivity index (χ2v) is 6.25. The first-order valence-corrected chi connectivity index (χ1v) is 7.46. The van der Waals surface area contributed by atoms with Gasteiger partial charge in [-0.15, -0.1) is 11.3 Å². The fraction of sp³-hybridized carbons (Fsp3) is 0.0667. The van der Waals surface area contributed by atoms with Crippen LogP contribution >= 0.6 is 22.9 Å². The molecule has 0 bridgehead atoms. The molecule has 3 aromatic rings. The molecule has 4 nitrogen and oxygen atoms in total. The number of halogens is 1. The zero-order valence-electron chi connectivity index (χ0n) is 11.2. The minimum Gasteiger partial charge on any atom is -0.398 e. The van der Waals surface area contributed by atoms with E-state index in [2.05, 4.69) is 10.3 Å². The number of hydrogen-bond acceptors (Lipinski definition) is 4. The number of nitrogens with two attached hydrogens (primary N) is 1. The molecule has 1 aromatic heterocycles. The van der Waals surface area contributed by atoms with Crippen LogP contribution in [0.15, 0.2) is 36.4 Å². The highest BCUT2D eigenvalue weighted by molar-refractivity contribution is 7.18. The number of nitrogens with one attached hydrogen (secondary N) is 1. The van der Waals surface area contributed by atoms with E-state index in [1.807, 2.05) is 25.1 Å². The number of carbonyl (C=O) groups is 1. The molecular formula is C15H12ClN3OS. The predicted octanol–water partition coefficient (Wildman–Crippen LogP) is 4.09. The van der Waals surface area contributed by atoms with Gasteiger partial charge < -0.3 is 11.1 Å². The molecule has 6 heteroatoms. The van der Waals surface area contributed by atoms with E-state index in [4.69, 9.17) is 17.3 Å². The van der Waals surface area contributed by atoms with Crippen molar-refractivity contribution in [3.63, 3.8) is 0 Å². The summed E-state index contributed by atoms with van der Waals surface area (Å²) in [6.07, 6.45) is 0. The minimum atomic E-state index is -0.225. The minimum absolute atomic E-state index is 0.225. The van der Waals surface area contributed by atoms with E-state index in [0.29, 0.717) is 16.3 Å². The molecule has 0 radical (unpaired) electrons. The van der Waals surface area contributed by atoms with Crippen molar-refractivity contribution in [3.05, 3.63) is 52.0 Å². The lowest BCUT2D eigenvalue weighted by Gasteiger charge is -2.06. The Balaban J connectivity index is 1.86. The van der Waals surface area contributed by atoms with Crippen LogP contribution in [0.25, 0.3) is 10.2 Å². The number of carbonyl (C=O) groups excluding carboxylic acids is 1. The van der Waals surface area contributed by atoms with Crippen LogP contribution in [-0.4, -0.2) is 10.9 Å². The summed E-state index contributed by atoms with van der Waals surface area (Å²) in [5.41, 5.74) is 8.22. The number of nitrogens with zero attached hydrogens (tertiary/aromatic N) is 1. The van der Waals surface area contributed by atoms with Crippen LogP contribution in [0, 0.1) is 6.92 Å². The molecule has 0 aliphatic rings. The Labute approximate surface area is 130 Å². The van der Waals surface area contributed by atoms with Gasteiger partial charge in [0, 0.05) is 11.3 Å². The monoisotopic (exact) mass is 317 g/mol. The summed E-state index contributed by atoms with van der Waals surface area (Å²) in [7, 11) is 0. The molecule has 0 aliphatic carbocycles. The second kappa shape index (κ2) is 5.35. The smallest absolute Gasteiger partial charge is 0.255 e. The van der Waals surface area contributed by atoms with Gasteiger partial charge >= 0.3 is 0 Å². The Morgan fingerprint density at radius 3 is 2.86 bits per heavy atom. The number of fused-ring (bicyclic) bond motifs is 1. The topological polar surface area (TPSA) is 68.0 Å². The highest BCUT2D eigenvalue weighted by Gasteiger charge is 2.09. The average Bonchev–Trinajstić information content (AvgIpc) is 2.81. The van der Waals surface area contributed by atoms with Crippen LogP contribution in [0.2, 0.25) is 5.02 Å². The van der Waals surface area contributed by atoms with Crippen molar-refractivity contribution in [2.45, 2.75) is 6.92 Å². The molecule has 3 N–H and O–H groups in total. The number of aromatic nitrogens is 1. The zero-order valence-corrected chi connectivity index (χ0v) is 12.8. The first-order valence-electron chi connectivity index (χ1n) is 6.26. The Kier molecular flexibility index (Phi) is 3.53. The van der Waals surface area contributed by atoms with Gasteiger partial charge in [-0.2, -0.15) is 0 Å². The van der Waals surface area contributed by atoms with Gasteiger partial charge in [0.05, 0.1) is 25.9 Å². The standard InChI is InChI=1S/C15H12ClN3OS/c1-8-18-13-5-3-10(7-14(13)21-8)19-15(20)9-2-4-12(17)11(16)6-9/h2-7H,17H2,1H3,(H,19,20). The second-order valence-electron chi connectivity index (χ2n) is 4.61. The third-order valence-corrected chi connectivity index (χ3v) is 4.28. The van der Waals surface area contributed by atoms with Crippen molar-refractivity contribution in [1.82, 2.24) is 4.98 Å². The van der Waals surface area contributed by atoms with E-state index in [9.17, 15) is 4.79 Å². The maximum atomic E-state index is 12.2. The molecule has 0 unspecified atom stereocenters. The molecule has 106 valence electrons. The number of aryl methyl sites for hydroxylation is 1. The van der Waals surface area contributed by atoms with Crippen molar-refractivity contribution in [2.24, 2.45) is 0 Å². The van der Waals surface area contributed by atoms with Gasteiger partial charge in [0.1, 0.15) is 0 Å². The van der Waals surface area contributed by atoms with Gasteiger partial charge in [-0.05, 0) is 43.3 Å². The summed E-state index contributed by atoms with van der Waals surface area (Å²) in [5, 5.41) is 4.22. The summed E-state index contributed by atoms with van der Waals surface area (Å²) in [5.74, 6) is -0.225. The molecule has 3 rings (SSSR count). The molecule has 0 spiro atoms. The van der Waals surface area contributed by atoms with Crippen LogP contribution in [0.3, 0.4) is 0 Å². The number of anilines is 2. The molecule has 0 atom stereocenters. The summed E-state index contributed by atoms with van der Waals surface area (Å²) in [6, 6.07) is 10.5. The van der Waals surface area contributed by atoms with Crippen molar-refractivity contribution in [3.8, 4) is 0 Å². The van der Waals surface area contributed by atoms with Crippen molar-refractivity contribution >= 4 is 50.4 Å². The number of thiazole rings is 1. The summed E-state index contributed by atoms with van der Waals surface area (Å²) >= 11 is 7.52. The Bertz CT molecular complexity index is 844. The van der Waals surface area contributed by atoms with E-state index in [1.165, 1.54) is 0 Å². The summed E-state index contributed by atoms with van der Waals surface area (Å²) in [4.78, 5) is 16.6. The van der Waals surface area contributed by atoms with Gasteiger partial charge in [-0.3, -0.25) is 4.79 Å². The lowest BCUT2D eigenvalue weighted by atomic mass is 10.2. The first kappa shape index (κ1) is 13.9. The number of hydrogen-bond donors (Lipinski definition) is 2. The first-order chi connectivity index (χ1) is 10.0. The normalized spacial score (nSPS) is 10.8. The third-order valence-electron chi connectivity index (χ3n) is 3.02. The maximum absolute atomic E-state index is 12.2. The van der Waals surface area contributed by atoms with Gasteiger partial charge in [0.15, 0.2) is 0 Å². The van der Waals surface area contributed by atoms with Crippen LogP contribution in [0.5, 0.6) is 0 Å². The molecule has 21 heavy (non-hydrogen) atoms. The lowest BCUT2D eigenvalue weighted by Crippen LogP contribution is -2.11. The van der Waals surface area contributed by atoms with E-state index in [-0.39, 0.29) is 5.91 Å². The SMILES string of the molecule is Cc1nc2ccc(NC(=O)c3ccc(N)c(Cl)c3)cc2s1. The molecular weight excluding hydrogens is 306 g/mol. The Morgan fingerprint density at radius 1 is 1.29 bits per heavy atom. The molecule has 2 aromatic carbocycles. The molecule has 0 fully saturated rings. The highest BCUT2D eigenvalue weighted by Crippen LogP contribution is 2.25. The van der Waals surface area contributed by atoms with Crippen molar-refractivity contribution < 1.29 is 4.79 Å². The Hall–Kier alpha value is -2.11. The molecule has 0 saturated heterocycles. The third kappa shape index (κ3) is 2.84. The largest absolute Gasteiger partial charge is 0.398 e. The molecule has 1 amide bonds. The van der Waals surface area contributed by atoms with Crippen LogP contribution in [0.4, 0.5) is 11.4 Å². The number of amides is 1. The number of nitrogen functional groups attached to an aromatic ring is 1. The molecule has 0 saturated carbocycles. The van der Waals surface area contributed by atoms with Gasteiger partial charge in [-0.1, -0.05) is 11.6 Å². The fourth-order valence-corrected chi connectivity index (χ4v) is 3.04. The van der Waals surface area contributed by atoms with E-state index < -0.39 is 0 Å². The predicted molar refractivity (Wildman–Crippen MR) is 88.2 cm³/mol. The fourth-order valence-electron chi connectivity index (χ4n) is 1.99. The van der Waals surface area contributed by atoms with Crippen LogP contribution in [-0.2, 0) is 0 Å². The summed E-state index contributed by atoms with van der Waals surface area (Å²) < 4.78 is 1.04. The average molecular weight is 318 g/mol. The van der Waals surface area contributed by atoms with E-state index in [0.717, 1.165) is 20.9 Å². The van der Waals surface area contributed by atoms with Crippen molar-refractivity contribution in [1.29, 1.82) is 0 Å². The quantitative estimate of drug-likeness (QED) is 0.699. The van der Waals surface area contributed by atoms with E-state index >= 15 is 0 Å². The zero-order chi connectivity index (χ0) is 15.0. The van der Waals surface area contributed by atoms with Gasteiger partial charge in [0.25, 0.3) is 5.91 Å².